The minimum Gasteiger partial charge on any atom is -0.328 e. The van der Waals surface area contributed by atoms with Crippen molar-refractivity contribution in [2.24, 2.45) is 7.05 Å². The number of carbonyl (C=O) groups is 1. The summed E-state index contributed by atoms with van der Waals surface area (Å²) in [4.78, 5) is 16.5. The van der Waals surface area contributed by atoms with E-state index in [1.165, 1.54) is 4.31 Å². The number of hydrogen-bond acceptors (Lipinski definition) is 3. The first-order chi connectivity index (χ1) is 9.07. The van der Waals surface area contributed by atoms with Gasteiger partial charge in [0.1, 0.15) is 0 Å². The van der Waals surface area contributed by atoms with Gasteiger partial charge in [0.2, 0.25) is 11.2 Å². The smallest absolute Gasteiger partial charge is 0.287 e. The van der Waals surface area contributed by atoms with Crippen LogP contribution in [0.1, 0.15) is 43.1 Å². The van der Waals surface area contributed by atoms with Crippen LogP contribution in [0.3, 0.4) is 0 Å². The number of carbonyl (C=O) groups excluding carboxylic acids is 1. The van der Waals surface area contributed by atoms with Crippen molar-refractivity contribution >= 4 is 22.9 Å². The van der Waals surface area contributed by atoms with Crippen molar-refractivity contribution in [2.75, 3.05) is 17.9 Å². The van der Waals surface area contributed by atoms with Crippen molar-refractivity contribution in [3.05, 3.63) is 12.0 Å². The quantitative estimate of drug-likeness (QED) is 0.769. The summed E-state index contributed by atoms with van der Waals surface area (Å²) < 4.78 is 16.9. The van der Waals surface area contributed by atoms with Gasteiger partial charge in [-0.1, -0.05) is 26.2 Å². The topological polar surface area (TPSA) is 58.4 Å². The fourth-order valence-electron chi connectivity index (χ4n) is 2.17. The van der Waals surface area contributed by atoms with Gasteiger partial charge in [0.25, 0.3) is 5.91 Å². The number of imidazole rings is 1. The molecule has 7 heteroatoms. The van der Waals surface area contributed by atoms with E-state index in [-0.39, 0.29) is 5.91 Å². The summed E-state index contributed by atoms with van der Waals surface area (Å²) in [5.74, 6) is 0.304. The van der Waals surface area contributed by atoms with E-state index in [0.29, 0.717) is 18.1 Å². The molecule has 106 valence electrons. The zero-order valence-corrected chi connectivity index (χ0v) is 12.4. The van der Waals surface area contributed by atoms with E-state index in [9.17, 15) is 9.00 Å². The van der Waals surface area contributed by atoms with Crippen molar-refractivity contribution in [1.82, 2.24) is 13.9 Å². The molecular weight excluding hydrogens is 264 g/mol. The second-order valence-electron chi connectivity index (χ2n) is 4.72. The van der Waals surface area contributed by atoms with Gasteiger partial charge in [-0.3, -0.25) is 9.10 Å². The molecule has 1 amide bonds. The predicted octanol–water partition coefficient (Wildman–Crippen LogP) is 1.47. The van der Waals surface area contributed by atoms with Crippen LogP contribution in [0.4, 0.5) is 5.82 Å². The van der Waals surface area contributed by atoms with Gasteiger partial charge in [-0.25, -0.2) is 13.5 Å². The molecule has 1 aromatic rings. The molecule has 6 nitrogen and oxygen atoms in total. The molecule has 1 aliphatic heterocycles. The van der Waals surface area contributed by atoms with Crippen molar-refractivity contribution in [3.63, 3.8) is 0 Å². The molecule has 0 bridgehead atoms. The van der Waals surface area contributed by atoms with Crippen LogP contribution in [0.15, 0.2) is 6.33 Å². The Morgan fingerprint density at radius 3 is 2.68 bits per heavy atom. The van der Waals surface area contributed by atoms with Gasteiger partial charge < -0.3 is 4.57 Å². The summed E-state index contributed by atoms with van der Waals surface area (Å²) in [6.45, 7) is 2.67. The Kier molecular flexibility index (Phi) is 4.24. The molecule has 0 saturated heterocycles. The van der Waals surface area contributed by atoms with Crippen molar-refractivity contribution in [2.45, 2.75) is 32.6 Å². The van der Waals surface area contributed by atoms with Crippen LogP contribution in [-0.2, 0) is 18.2 Å². The van der Waals surface area contributed by atoms with Crippen LogP contribution in [0.2, 0.25) is 0 Å². The lowest BCUT2D eigenvalue weighted by atomic mass is 10.2. The zero-order valence-electron chi connectivity index (χ0n) is 11.6. The minimum atomic E-state index is -1.46. The van der Waals surface area contributed by atoms with E-state index >= 15 is 0 Å². The number of anilines is 1. The second-order valence-corrected chi connectivity index (χ2v) is 6.17. The van der Waals surface area contributed by atoms with Gasteiger partial charge in [0.05, 0.1) is 6.33 Å². The molecule has 1 aromatic heterocycles. The molecule has 1 atom stereocenters. The fourth-order valence-corrected chi connectivity index (χ4v) is 3.26. The lowest BCUT2D eigenvalue weighted by Gasteiger charge is -2.31. The van der Waals surface area contributed by atoms with E-state index in [4.69, 9.17) is 0 Å². The van der Waals surface area contributed by atoms with E-state index in [1.54, 1.807) is 29.3 Å². The molecular formula is C12H20N4O2S. The second kappa shape index (κ2) is 5.73. The van der Waals surface area contributed by atoms with Gasteiger partial charge >= 0.3 is 0 Å². The van der Waals surface area contributed by atoms with Crippen molar-refractivity contribution in [1.29, 1.82) is 0 Å². The number of fused-ring (bicyclic) bond motifs is 1. The Balaban J connectivity index is 2.16. The first-order valence-electron chi connectivity index (χ1n) is 6.56. The first kappa shape index (κ1) is 14.0. The summed E-state index contributed by atoms with van der Waals surface area (Å²) in [5.41, 5.74) is 0.512. The molecule has 0 spiro atoms. The minimum absolute atomic E-state index is 0.192. The maximum absolute atomic E-state index is 12.4. The maximum atomic E-state index is 12.4. The molecule has 19 heavy (non-hydrogen) atoms. The Morgan fingerprint density at radius 1 is 1.26 bits per heavy atom. The number of rotatable bonds is 5. The van der Waals surface area contributed by atoms with E-state index < -0.39 is 11.2 Å². The highest BCUT2D eigenvalue weighted by molar-refractivity contribution is 7.84. The molecule has 0 radical (unpaired) electrons. The zero-order chi connectivity index (χ0) is 14.0. The van der Waals surface area contributed by atoms with Crippen molar-refractivity contribution in [3.8, 4) is 0 Å². The molecule has 0 N–H and O–H groups in total. The molecule has 0 aliphatic carbocycles. The summed E-state index contributed by atoms with van der Waals surface area (Å²) in [6, 6.07) is 0. The molecule has 2 heterocycles. The van der Waals surface area contributed by atoms with Gasteiger partial charge in [0.15, 0.2) is 11.5 Å². The van der Waals surface area contributed by atoms with Crippen LogP contribution in [0.5, 0.6) is 0 Å². The summed E-state index contributed by atoms with van der Waals surface area (Å²) >= 11 is -1.46. The monoisotopic (exact) mass is 284 g/mol. The normalized spacial score (nSPS) is 18.9. The molecule has 0 aromatic carbocycles. The van der Waals surface area contributed by atoms with E-state index in [0.717, 1.165) is 25.7 Å². The average molecular weight is 284 g/mol. The highest BCUT2D eigenvalue weighted by Gasteiger charge is 2.36. The molecule has 1 unspecified atom stereocenters. The third kappa shape index (κ3) is 2.51. The third-order valence-electron chi connectivity index (χ3n) is 3.28. The number of unbranched alkanes of at least 4 members (excludes halogenated alkanes) is 3. The standard InChI is InChI=1S/C12H20N4O2S/c1-4-5-6-7-8-16-12(17)10-11(13-9-14(10)2)15(3)19(16)18/h9H,4-8H2,1-3H3. The lowest BCUT2D eigenvalue weighted by molar-refractivity contribution is 0.0853. The van der Waals surface area contributed by atoms with Gasteiger partial charge in [-0.05, 0) is 6.42 Å². The molecule has 1 aliphatic rings. The Bertz CT molecular complexity index is 500. The lowest BCUT2D eigenvalue weighted by Crippen LogP contribution is -2.46. The maximum Gasteiger partial charge on any atom is 0.287 e. The van der Waals surface area contributed by atoms with E-state index in [1.807, 2.05) is 0 Å². The Hall–Kier alpha value is -1.37. The first-order valence-corrected chi connectivity index (χ1v) is 7.63. The van der Waals surface area contributed by atoms with Crippen LogP contribution in [0.25, 0.3) is 0 Å². The summed E-state index contributed by atoms with van der Waals surface area (Å²) in [6.07, 6.45) is 5.80. The van der Waals surface area contributed by atoms with E-state index in [2.05, 4.69) is 11.9 Å². The third-order valence-corrected chi connectivity index (χ3v) is 4.65. The number of aromatic nitrogens is 2. The predicted molar refractivity (Wildman–Crippen MR) is 74.9 cm³/mol. The summed E-state index contributed by atoms with van der Waals surface area (Å²) in [5, 5.41) is 0. The van der Waals surface area contributed by atoms with Gasteiger partial charge in [0, 0.05) is 20.6 Å². The Morgan fingerprint density at radius 2 is 2.00 bits per heavy atom. The SMILES string of the molecule is CCCCCCN1C(=O)c2c(ncn2C)N(C)S1=O. The van der Waals surface area contributed by atoms with Crippen LogP contribution in [-0.4, -0.2) is 37.6 Å². The van der Waals surface area contributed by atoms with Crippen molar-refractivity contribution < 1.29 is 9.00 Å². The van der Waals surface area contributed by atoms with Crippen LogP contribution >= 0.6 is 0 Å². The molecule has 2 rings (SSSR count). The van der Waals surface area contributed by atoms with Gasteiger partial charge in [-0.2, -0.15) is 0 Å². The average Bonchev–Trinajstić information content (AvgIpc) is 2.77. The number of nitrogens with zero attached hydrogens (tertiary/aromatic N) is 4. The highest BCUT2D eigenvalue weighted by Crippen LogP contribution is 2.27. The van der Waals surface area contributed by atoms with Crippen LogP contribution < -0.4 is 4.31 Å². The number of hydrogen-bond donors (Lipinski definition) is 0. The Labute approximate surface area is 116 Å². The number of aryl methyl sites for hydroxylation is 1. The number of amides is 1. The van der Waals surface area contributed by atoms with Crippen LogP contribution in [0, 0.1) is 0 Å². The summed E-state index contributed by atoms with van der Waals surface area (Å²) in [7, 11) is 3.48. The van der Waals surface area contributed by atoms with Gasteiger partial charge in [-0.15, -0.1) is 0 Å². The molecule has 0 fully saturated rings. The largest absolute Gasteiger partial charge is 0.328 e. The molecule has 0 saturated carbocycles. The highest BCUT2D eigenvalue weighted by atomic mass is 32.2. The fraction of sp³-hybridized carbons (Fsp3) is 0.667.